The molecule has 18 heavy (non-hydrogen) atoms. The molecule has 0 aliphatic carbocycles. The van der Waals surface area contributed by atoms with E-state index in [9.17, 15) is 4.39 Å². The molecular formula is C11H5ClFIN4. The first-order chi connectivity index (χ1) is 8.65. The summed E-state index contributed by atoms with van der Waals surface area (Å²) >= 11 is 7.84. The number of fused-ring (bicyclic) bond motifs is 1. The quantitative estimate of drug-likeness (QED) is 0.485. The van der Waals surface area contributed by atoms with E-state index >= 15 is 0 Å². The highest BCUT2D eigenvalue weighted by Crippen LogP contribution is 2.25. The first-order valence-corrected chi connectivity index (χ1v) is 6.42. The van der Waals surface area contributed by atoms with Gasteiger partial charge >= 0.3 is 0 Å². The Hall–Kier alpha value is -1.28. The van der Waals surface area contributed by atoms with Crippen LogP contribution in [-0.2, 0) is 0 Å². The molecule has 0 amide bonds. The number of rotatable bonds is 1. The maximum absolute atomic E-state index is 13.1. The van der Waals surface area contributed by atoms with Crippen molar-refractivity contribution in [3.8, 4) is 11.4 Å². The predicted octanol–water partition coefficient (Wildman–Crippen LogP) is 3.19. The van der Waals surface area contributed by atoms with Gasteiger partial charge in [0.2, 0.25) is 0 Å². The molecule has 3 rings (SSSR count). The van der Waals surface area contributed by atoms with Gasteiger partial charge in [0.15, 0.2) is 11.5 Å². The average molecular weight is 375 g/mol. The van der Waals surface area contributed by atoms with Gasteiger partial charge in [0, 0.05) is 15.2 Å². The van der Waals surface area contributed by atoms with Crippen LogP contribution in [0, 0.1) is 9.39 Å². The van der Waals surface area contributed by atoms with Crippen LogP contribution in [0.15, 0.2) is 30.6 Å². The highest BCUT2D eigenvalue weighted by molar-refractivity contribution is 14.1. The van der Waals surface area contributed by atoms with Gasteiger partial charge in [0.1, 0.15) is 17.3 Å². The van der Waals surface area contributed by atoms with Crippen LogP contribution < -0.4 is 0 Å². The fraction of sp³-hybridized carbons (Fsp3) is 0. The Kier molecular flexibility index (Phi) is 2.90. The maximum atomic E-state index is 13.1. The Balaban J connectivity index is 2.25. The minimum Gasteiger partial charge on any atom is -0.265 e. The number of nitrogens with zero attached hydrogens (tertiary/aromatic N) is 4. The standard InChI is InChI=1S/C11H5ClFIN4/c12-9-4-10-16-17-11(18(10)5-15-9)7-2-1-6(13)3-8(7)14/h1-5H. The van der Waals surface area contributed by atoms with Crippen molar-refractivity contribution in [2.45, 2.75) is 0 Å². The van der Waals surface area contributed by atoms with Gasteiger partial charge in [-0.05, 0) is 40.8 Å². The molecule has 0 saturated carbocycles. The van der Waals surface area contributed by atoms with Crippen LogP contribution in [-0.4, -0.2) is 19.6 Å². The number of hydrogen-bond donors (Lipinski definition) is 0. The molecule has 1 aromatic carbocycles. The van der Waals surface area contributed by atoms with E-state index in [0.29, 0.717) is 16.6 Å². The lowest BCUT2D eigenvalue weighted by Crippen LogP contribution is -1.93. The van der Waals surface area contributed by atoms with E-state index in [4.69, 9.17) is 11.6 Å². The van der Waals surface area contributed by atoms with Crippen LogP contribution in [0.25, 0.3) is 17.0 Å². The van der Waals surface area contributed by atoms with Crippen molar-refractivity contribution >= 4 is 39.8 Å². The second kappa shape index (κ2) is 4.43. The van der Waals surface area contributed by atoms with E-state index in [1.54, 1.807) is 22.9 Å². The van der Waals surface area contributed by atoms with Crippen molar-refractivity contribution in [3.05, 3.63) is 45.1 Å². The molecule has 2 aromatic heterocycles. The lowest BCUT2D eigenvalue weighted by atomic mass is 10.2. The SMILES string of the molecule is Fc1ccc(-c2nnc3cc(Cl)ncn23)c(I)c1. The fourth-order valence-corrected chi connectivity index (χ4v) is 2.49. The van der Waals surface area contributed by atoms with E-state index in [1.807, 2.05) is 0 Å². The van der Waals surface area contributed by atoms with E-state index in [0.717, 1.165) is 9.13 Å². The van der Waals surface area contributed by atoms with E-state index < -0.39 is 0 Å². The summed E-state index contributed by atoms with van der Waals surface area (Å²) in [6.07, 6.45) is 1.55. The zero-order chi connectivity index (χ0) is 12.7. The third-order valence-corrected chi connectivity index (χ3v) is 3.54. The van der Waals surface area contributed by atoms with Crippen molar-refractivity contribution in [2.24, 2.45) is 0 Å². The van der Waals surface area contributed by atoms with Gasteiger partial charge in [-0.1, -0.05) is 11.6 Å². The smallest absolute Gasteiger partial charge is 0.170 e. The summed E-state index contributed by atoms with van der Waals surface area (Å²) in [5.41, 5.74) is 1.40. The second-order valence-corrected chi connectivity index (χ2v) is 5.14. The van der Waals surface area contributed by atoms with Crippen LogP contribution in [0.2, 0.25) is 5.15 Å². The zero-order valence-electron chi connectivity index (χ0n) is 8.81. The van der Waals surface area contributed by atoms with E-state index in [1.165, 1.54) is 12.1 Å². The summed E-state index contributed by atoms with van der Waals surface area (Å²) in [6.45, 7) is 0. The Labute approximate surface area is 120 Å². The fourth-order valence-electron chi connectivity index (χ4n) is 1.63. The Morgan fingerprint density at radius 3 is 2.83 bits per heavy atom. The monoisotopic (exact) mass is 374 g/mol. The van der Waals surface area contributed by atoms with Crippen LogP contribution in [0.5, 0.6) is 0 Å². The molecule has 0 fully saturated rings. The summed E-state index contributed by atoms with van der Waals surface area (Å²) in [5, 5.41) is 8.45. The molecular weight excluding hydrogens is 370 g/mol. The van der Waals surface area contributed by atoms with Crippen molar-refractivity contribution in [3.63, 3.8) is 0 Å². The highest BCUT2D eigenvalue weighted by atomic mass is 127. The first-order valence-electron chi connectivity index (χ1n) is 4.97. The Bertz CT molecular complexity index is 743. The molecule has 3 aromatic rings. The molecule has 0 radical (unpaired) electrons. The molecule has 0 aliphatic rings. The normalized spacial score (nSPS) is 11.1. The van der Waals surface area contributed by atoms with Gasteiger partial charge in [-0.25, -0.2) is 9.37 Å². The van der Waals surface area contributed by atoms with Crippen molar-refractivity contribution in [1.29, 1.82) is 0 Å². The minimum absolute atomic E-state index is 0.279. The van der Waals surface area contributed by atoms with Crippen molar-refractivity contribution in [2.75, 3.05) is 0 Å². The third-order valence-electron chi connectivity index (χ3n) is 2.44. The van der Waals surface area contributed by atoms with Crippen LogP contribution in [0.1, 0.15) is 0 Å². The molecule has 0 N–H and O–H groups in total. The molecule has 90 valence electrons. The second-order valence-electron chi connectivity index (χ2n) is 3.59. The predicted molar refractivity (Wildman–Crippen MR) is 73.9 cm³/mol. The van der Waals surface area contributed by atoms with Gasteiger partial charge in [-0.2, -0.15) is 0 Å². The Morgan fingerprint density at radius 1 is 1.22 bits per heavy atom. The number of halogens is 3. The number of hydrogen-bond acceptors (Lipinski definition) is 3. The van der Waals surface area contributed by atoms with Crippen molar-refractivity contribution < 1.29 is 4.39 Å². The molecule has 0 aliphatic heterocycles. The van der Waals surface area contributed by atoms with Crippen LogP contribution in [0.4, 0.5) is 4.39 Å². The third kappa shape index (κ3) is 1.95. The molecule has 0 unspecified atom stereocenters. The van der Waals surface area contributed by atoms with Crippen LogP contribution >= 0.6 is 34.2 Å². The molecule has 4 nitrogen and oxygen atoms in total. The molecule has 7 heteroatoms. The van der Waals surface area contributed by atoms with Gasteiger partial charge in [-0.15, -0.1) is 10.2 Å². The lowest BCUT2D eigenvalue weighted by molar-refractivity contribution is 0.627. The summed E-state index contributed by atoms with van der Waals surface area (Å²) in [5.74, 6) is 0.330. The molecule has 0 saturated heterocycles. The van der Waals surface area contributed by atoms with Gasteiger partial charge in [0.25, 0.3) is 0 Å². The molecule has 2 heterocycles. The average Bonchev–Trinajstić information content (AvgIpc) is 2.72. The maximum Gasteiger partial charge on any atom is 0.170 e. The van der Waals surface area contributed by atoms with Gasteiger partial charge in [-0.3, -0.25) is 4.40 Å². The van der Waals surface area contributed by atoms with Crippen LogP contribution in [0.3, 0.4) is 0 Å². The molecule has 0 atom stereocenters. The van der Waals surface area contributed by atoms with Gasteiger partial charge in [0.05, 0.1) is 0 Å². The Morgan fingerprint density at radius 2 is 2.06 bits per heavy atom. The largest absolute Gasteiger partial charge is 0.265 e. The lowest BCUT2D eigenvalue weighted by Gasteiger charge is -2.02. The minimum atomic E-state index is -0.279. The zero-order valence-corrected chi connectivity index (χ0v) is 11.7. The summed E-state index contributed by atoms with van der Waals surface area (Å²) in [6, 6.07) is 6.12. The number of aromatic nitrogens is 4. The molecule has 0 bridgehead atoms. The molecule has 0 spiro atoms. The van der Waals surface area contributed by atoms with E-state index in [-0.39, 0.29) is 5.82 Å². The summed E-state index contributed by atoms with van der Waals surface area (Å²) in [7, 11) is 0. The number of benzene rings is 1. The van der Waals surface area contributed by atoms with E-state index in [2.05, 4.69) is 37.8 Å². The summed E-state index contributed by atoms with van der Waals surface area (Å²) in [4.78, 5) is 3.98. The summed E-state index contributed by atoms with van der Waals surface area (Å²) < 4.78 is 15.5. The first kappa shape index (κ1) is 11.8. The van der Waals surface area contributed by atoms with Crippen molar-refractivity contribution in [1.82, 2.24) is 19.6 Å². The topological polar surface area (TPSA) is 43.1 Å². The highest BCUT2D eigenvalue weighted by Gasteiger charge is 2.12. The van der Waals surface area contributed by atoms with Gasteiger partial charge < -0.3 is 0 Å².